The van der Waals surface area contributed by atoms with E-state index in [1.165, 1.54) is 25.7 Å². The van der Waals surface area contributed by atoms with Gasteiger partial charge in [-0.05, 0) is 116 Å². The van der Waals surface area contributed by atoms with Gasteiger partial charge in [0.15, 0.2) is 6.10 Å². The molecule has 0 aromatic rings. The minimum Gasteiger partial charge on any atom is -0.462 e. The Hall–Kier alpha value is -3.93. The second kappa shape index (κ2) is 48.7. The van der Waals surface area contributed by atoms with Crippen LogP contribution in [0.4, 0.5) is 0 Å². The van der Waals surface area contributed by atoms with E-state index in [1.807, 2.05) is 0 Å². The second-order valence-corrected chi connectivity index (χ2v) is 15.6. The van der Waals surface area contributed by atoms with Gasteiger partial charge in [-0.3, -0.25) is 14.4 Å². The number of unbranched alkanes of at least 4 members (excludes halogenated alkanes) is 13. The van der Waals surface area contributed by atoms with Crippen LogP contribution in [0.25, 0.3) is 0 Å². The summed E-state index contributed by atoms with van der Waals surface area (Å²) in [7, 11) is 0. The molecule has 0 heterocycles. The molecule has 0 radical (unpaired) electrons. The van der Waals surface area contributed by atoms with Crippen molar-refractivity contribution in [3.05, 3.63) is 109 Å². The van der Waals surface area contributed by atoms with Crippen LogP contribution in [-0.2, 0) is 28.6 Å². The molecule has 0 aliphatic rings. The van der Waals surface area contributed by atoms with Crippen molar-refractivity contribution in [1.29, 1.82) is 0 Å². The van der Waals surface area contributed by atoms with Crippen LogP contribution in [0.5, 0.6) is 0 Å². The lowest BCUT2D eigenvalue weighted by atomic mass is 10.1. The third-order valence-corrected chi connectivity index (χ3v) is 9.74. The first-order chi connectivity index (χ1) is 30.0. The van der Waals surface area contributed by atoms with Gasteiger partial charge in [0.1, 0.15) is 13.2 Å². The summed E-state index contributed by atoms with van der Waals surface area (Å²) in [4.78, 5) is 37.8. The van der Waals surface area contributed by atoms with Gasteiger partial charge in [-0.15, -0.1) is 0 Å². The molecule has 0 aliphatic heterocycles. The van der Waals surface area contributed by atoms with Crippen molar-refractivity contribution in [2.24, 2.45) is 0 Å². The van der Waals surface area contributed by atoms with Gasteiger partial charge in [0.25, 0.3) is 0 Å². The topological polar surface area (TPSA) is 78.9 Å². The van der Waals surface area contributed by atoms with Gasteiger partial charge in [0.2, 0.25) is 0 Å². The number of carbonyl (C=O) groups excluding carboxylic acids is 3. The molecule has 0 bridgehead atoms. The molecule has 0 saturated heterocycles. The van der Waals surface area contributed by atoms with Gasteiger partial charge < -0.3 is 14.2 Å². The average molecular weight is 845 g/mol. The highest BCUT2D eigenvalue weighted by Gasteiger charge is 2.19. The van der Waals surface area contributed by atoms with Gasteiger partial charge >= 0.3 is 17.9 Å². The zero-order valence-corrected chi connectivity index (χ0v) is 39.1. The molecular formula is C55H88O6. The number of hydrogen-bond acceptors (Lipinski definition) is 6. The summed E-state index contributed by atoms with van der Waals surface area (Å²) in [6.45, 7) is 6.28. The molecule has 0 amide bonds. The molecule has 1 atom stereocenters. The highest BCUT2D eigenvalue weighted by Crippen LogP contribution is 2.12. The van der Waals surface area contributed by atoms with E-state index in [-0.39, 0.29) is 37.5 Å². The maximum atomic E-state index is 12.7. The molecule has 0 aromatic carbocycles. The zero-order chi connectivity index (χ0) is 44.4. The molecule has 6 nitrogen and oxygen atoms in total. The molecule has 0 aliphatic carbocycles. The second-order valence-electron chi connectivity index (χ2n) is 15.6. The van der Waals surface area contributed by atoms with Crippen molar-refractivity contribution in [3.8, 4) is 0 Å². The number of rotatable bonds is 42. The van der Waals surface area contributed by atoms with E-state index in [4.69, 9.17) is 14.2 Å². The fourth-order valence-electron chi connectivity index (χ4n) is 6.11. The minimum absolute atomic E-state index is 0.108. The van der Waals surface area contributed by atoms with E-state index < -0.39 is 6.10 Å². The summed E-state index contributed by atoms with van der Waals surface area (Å²) in [6, 6.07) is 0. The van der Waals surface area contributed by atoms with Crippen LogP contribution in [0.15, 0.2) is 109 Å². The Labute approximate surface area is 374 Å². The number of ether oxygens (including phenoxy) is 3. The van der Waals surface area contributed by atoms with Gasteiger partial charge in [0.05, 0.1) is 0 Å². The normalized spacial score (nSPS) is 13.0. The van der Waals surface area contributed by atoms with E-state index in [2.05, 4.69) is 130 Å². The van der Waals surface area contributed by atoms with E-state index in [0.717, 1.165) is 135 Å². The Kier molecular flexibility index (Phi) is 45.6. The molecule has 0 spiro atoms. The number of esters is 3. The van der Waals surface area contributed by atoms with Crippen molar-refractivity contribution >= 4 is 17.9 Å². The predicted molar refractivity (Wildman–Crippen MR) is 260 cm³/mol. The largest absolute Gasteiger partial charge is 0.462 e. The standard InChI is InChI=1S/C55H88O6/c1-4-7-10-13-16-19-22-24-25-26-27-28-29-31-33-36-39-42-45-48-54(57)60-51-52(50-59-53(56)47-44-41-38-35-32-21-18-15-12-9-6-3)61-55(58)49-46-43-40-37-34-30-23-20-17-14-11-8-5-2/h7-8,10-11,15-20,24-25,27-28,30-31,33-34,52H,4-6,9,12-14,21-23,26,29,32,35-51H2,1-3H3/b10-7-,11-8-,18-15-,19-16-,20-17-,25-24-,28-27-,33-31-,34-30-. The lowest BCUT2D eigenvalue weighted by Crippen LogP contribution is -2.30. The monoisotopic (exact) mass is 845 g/mol. The van der Waals surface area contributed by atoms with E-state index in [0.29, 0.717) is 12.8 Å². The zero-order valence-electron chi connectivity index (χ0n) is 39.1. The van der Waals surface area contributed by atoms with Crippen molar-refractivity contribution < 1.29 is 28.6 Å². The first kappa shape index (κ1) is 57.1. The Bertz CT molecular complexity index is 1290. The minimum atomic E-state index is -0.811. The summed E-state index contributed by atoms with van der Waals surface area (Å²) in [6.07, 6.45) is 65.0. The molecule has 344 valence electrons. The maximum Gasteiger partial charge on any atom is 0.306 e. The van der Waals surface area contributed by atoms with Gasteiger partial charge in [-0.1, -0.05) is 175 Å². The van der Waals surface area contributed by atoms with Gasteiger partial charge in [-0.25, -0.2) is 0 Å². The van der Waals surface area contributed by atoms with Crippen LogP contribution in [-0.4, -0.2) is 37.2 Å². The fourth-order valence-corrected chi connectivity index (χ4v) is 6.11. The molecule has 1 unspecified atom stereocenters. The number of hydrogen-bond donors (Lipinski definition) is 0. The van der Waals surface area contributed by atoms with Gasteiger partial charge in [-0.2, -0.15) is 0 Å². The van der Waals surface area contributed by atoms with E-state index >= 15 is 0 Å². The molecule has 0 rings (SSSR count). The fraction of sp³-hybridized carbons (Fsp3) is 0.618. The molecular weight excluding hydrogens is 757 g/mol. The van der Waals surface area contributed by atoms with Crippen LogP contribution < -0.4 is 0 Å². The summed E-state index contributed by atoms with van der Waals surface area (Å²) in [5.74, 6) is -0.989. The van der Waals surface area contributed by atoms with Crippen molar-refractivity contribution in [3.63, 3.8) is 0 Å². The Morgan fingerprint density at radius 1 is 0.344 bits per heavy atom. The third-order valence-electron chi connectivity index (χ3n) is 9.74. The molecule has 0 N–H and O–H groups in total. The van der Waals surface area contributed by atoms with E-state index in [9.17, 15) is 14.4 Å². The third kappa shape index (κ3) is 47.0. The smallest absolute Gasteiger partial charge is 0.306 e. The summed E-state index contributed by atoms with van der Waals surface area (Å²) >= 11 is 0. The summed E-state index contributed by atoms with van der Waals surface area (Å²) in [5.41, 5.74) is 0. The van der Waals surface area contributed by atoms with Crippen molar-refractivity contribution in [2.45, 2.75) is 207 Å². The first-order valence-corrected chi connectivity index (χ1v) is 24.4. The first-order valence-electron chi connectivity index (χ1n) is 24.4. The highest BCUT2D eigenvalue weighted by molar-refractivity contribution is 5.71. The van der Waals surface area contributed by atoms with E-state index in [1.54, 1.807) is 0 Å². The Morgan fingerprint density at radius 3 is 1.03 bits per heavy atom. The maximum absolute atomic E-state index is 12.7. The Morgan fingerprint density at radius 2 is 0.639 bits per heavy atom. The van der Waals surface area contributed by atoms with Crippen LogP contribution in [0.2, 0.25) is 0 Å². The SMILES string of the molecule is CC/C=C\C/C=C\C/C=C\C/C=C\C/C=C\CCCCCC(=O)OCC(COC(=O)CCCCCCC/C=C\CCCC)OC(=O)CCCCC/C=C\C/C=C\C/C=C\CC. The summed E-state index contributed by atoms with van der Waals surface area (Å²) < 4.78 is 16.7. The van der Waals surface area contributed by atoms with Crippen LogP contribution in [0, 0.1) is 0 Å². The quantitative estimate of drug-likeness (QED) is 0.0264. The molecule has 0 fully saturated rings. The van der Waals surface area contributed by atoms with Crippen molar-refractivity contribution in [2.75, 3.05) is 13.2 Å². The van der Waals surface area contributed by atoms with Crippen LogP contribution in [0.3, 0.4) is 0 Å². The molecule has 0 aromatic heterocycles. The van der Waals surface area contributed by atoms with Crippen LogP contribution >= 0.6 is 0 Å². The Balaban J connectivity index is 4.49. The lowest BCUT2D eigenvalue weighted by molar-refractivity contribution is -0.167. The van der Waals surface area contributed by atoms with Crippen LogP contribution in [0.1, 0.15) is 201 Å². The number of carbonyl (C=O) groups is 3. The lowest BCUT2D eigenvalue weighted by Gasteiger charge is -2.18. The van der Waals surface area contributed by atoms with Gasteiger partial charge in [0, 0.05) is 19.3 Å². The highest BCUT2D eigenvalue weighted by atomic mass is 16.6. The average Bonchev–Trinajstić information content (AvgIpc) is 3.26. The predicted octanol–water partition coefficient (Wildman–Crippen LogP) is 16.0. The molecule has 0 saturated carbocycles. The number of allylic oxidation sites excluding steroid dienone is 18. The molecule has 61 heavy (non-hydrogen) atoms. The van der Waals surface area contributed by atoms with Crippen molar-refractivity contribution in [1.82, 2.24) is 0 Å². The summed E-state index contributed by atoms with van der Waals surface area (Å²) in [5, 5.41) is 0. The molecule has 6 heteroatoms.